The summed E-state index contributed by atoms with van der Waals surface area (Å²) in [5.74, 6) is 0.928. The molecule has 6 nitrogen and oxygen atoms in total. The molecule has 0 amide bonds. The van der Waals surface area contributed by atoms with Gasteiger partial charge in [-0.2, -0.15) is 0 Å². The molecule has 122 valence electrons. The number of rotatable bonds is 6. The first-order chi connectivity index (χ1) is 10.6. The topological polar surface area (TPSA) is 64.8 Å². The molecule has 0 aromatic heterocycles. The highest BCUT2D eigenvalue weighted by molar-refractivity contribution is 5.54. The van der Waals surface area contributed by atoms with Gasteiger partial charge in [-0.05, 0) is 31.9 Å². The number of nitrogens with zero attached hydrogens (tertiary/aromatic N) is 2. The molecule has 1 saturated heterocycles. The van der Waals surface area contributed by atoms with Crippen molar-refractivity contribution in [2.45, 2.75) is 45.2 Å². The van der Waals surface area contributed by atoms with Crippen molar-refractivity contribution in [3.05, 3.63) is 27.8 Å². The van der Waals surface area contributed by atoms with Crippen molar-refractivity contribution < 1.29 is 14.4 Å². The van der Waals surface area contributed by atoms with Crippen LogP contribution >= 0.6 is 0 Å². The molecule has 1 atom stereocenters. The Kier molecular flexibility index (Phi) is 5.60. The smallest absolute Gasteiger partial charge is 0.277 e. The predicted octanol–water partition coefficient (Wildman–Crippen LogP) is 3.38. The third kappa shape index (κ3) is 3.50. The molecule has 1 fully saturated rings. The van der Waals surface area contributed by atoms with Crippen LogP contribution in [0.2, 0.25) is 0 Å². The van der Waals surface area contributed by atoms with E-state index >= 15 is 0 Å². The molecule has 0 aliphatic carbocycles. The number of hydrogen-bond donors (Lipinski definition) is 0. The molecule has 0 saturated carbocycles. The lowest BCUT2D eigenvalue weighted by molar-refractivity contribution is -0.385. The Bertz CT molecular complexity index is 533. The second-order valence-electron chi connectivity index (χ2n) is 5.62. The molecule has 2 rings (SSSR count). The van der Waals surface area contributed by atoms with Crippen LogP contribution in [0.4, 0.5) is 5.69 Å². The van der Waals surface area contributed by atoms with Crippen LogP contribution in [0.3, 0.4) is 0 Å². The first kappa shape index (κ1) is 16.5. The number of piperidine rings is 1. The van der Waals surface area contributed by atoms with Crippen LogP contribution < -0.4 is 9.47 Å². The van der Waals surface area contributed by atoms with Gasteiger partial charge in [-0.25, -0.2) is 0 Å². The molecule has 6 heteroatoms. The van der Waals surface area contributed by atoms with Crippen molar-refractivity contribution in [1.82, 2.24) is 4.90 Å². The summed E-state index contributed by atoms with van der Waals surface area (Å²) in [4.78, 5) is 13.4. The van der Waals surface area contributed by atoms with Crippen LogP contribution in [-0.4, -0.2) is 36.6 Å². The van der Waals surface area contributed by atoms with E-state index in [2.05, 4.69) is 11.8 Å². The Morgan fingerprint density at radius 1 is 1.27 bits per heavy atom. The lowest BCUT2D eigenvalue weighted by atomic mass is 9.99. The summed E-state index contributed by atoms with van der Waals surface area (Å²) in [7, 11) is 3.03. The normalized spacial score (nSPS) is 19.0. The largest absolute Gasteiger partial charge is 0.493 e. The van der Waals surface area contributed by atoms with E-state index < -0.39 is 0 Å². The second-order valence-corrected chi connectivity index (χ2v) is 5.62. The summed E-state index contributed by atoms with van der Waals surface area (Å²) < 4.78 is 10.5. The van der Waals surface area contributed by atoms with Crippen molar-refractivity contribution >= 4 is 5.69 Å². The minimum Gasteiger partial charge on any atom is -0.493 e. The maximum Gasteiger partial charge on any atom is 0.277 e. The average Bonchev–Trinajstić information content (AvgIpc) is 2.54. The van der Waals surface area contributed by atoms with Gasteiger partial charge >= 0.3 is 0 Å². The summed E-state index contributed by atoms with van der Waals surface area (Å²) in [6, 6.07) is 3.69. The summed E-state index contributed by atoms with van der Waals surface area (Å²) in [6.45, 7) is 3.74. The van der Waals surface area contributed by atoms with Gasteiger partial charge in [-0.15, -0.1) is 0 Å². The van der Waals surface area contributed by atoms with E-state index in [9.17, 15) is 10.1 Å². The molecule has 1 aliphatic rings. The quantitative estimate of drug-likeness (QED) is 0.595. The van der Waals surface area contributed by atoms with Gasteiger partial charge in [0.25, 0.3) is 5.69 Å². The Labute approximate surface area is 131 Å². The first-order valence-corrected chi connectivity index (χ1v) is 7.74. The number of methoxy groups -OCH3 is 2. The standard InChI is InChI=1S/C16H24N2O4/c1-4-13-7-5-6-8-17(13)11-12-9-15(21-2)16(22-3)10-14(12)18(19)20/h9-10,13H,4-8,11H2,1-3H3. The zero-order valence-electron chi connectivity index (χ0n) is 13.5. The number of nitro groups is 1. The summed E-state index contributed by atoms with van der Waals surface area (Å²) >= 11 is 0. The molecule has 1 aromatic carbocycles. The number of hydrogen-bond acceptors (Lipinski definition) is 5. The molecular weight excluding hydrogens is 284 g/mol. The fraction of sp³-hybridized carbons (Fsp3) is 0.625. The summed E-state index contributed by atoms with van der Waals surface area (Å²) in [5.41, 5.74) is 0.779. The molecule has 1 aliphatic heterocycles. The molecule has 1 unspecified atom stereocenters. The Morgan fingerprint density at radius 2 is 1.95 bits per heavy atom. The van der Waals surface area contributed by atoms with E-state index in [0.29, 0.717) is 29.6 Å². The average molecular weight is 308 g/mol. The van der Waals surface area contributed by atoms with E-state index in [1.807, 2.05) is 0 Å². The SMILES string of the molecule is CCC1CCCCN1Cc1cc(OC)c(OC)cc1[N+](=O)[O-]. The highest BCUT2D eigenvalue weighted by Crippen LogP contribution is 2.36. The third-order valence-electron chi connectivity index (χ3n) is 4.38. The van der Waals surface area contributed by atoms with Gasteiger partial charge in [-0.1, -0.05) is 13.3 Å². The lowest BCUT2D eigenvalue weighted by Crippen LogP contribution is -2.38. The zero-order chi connectivity index (χ0) is 16.1. The second kappa shape index (κ2) is 7.45. The zero-order valence-corrected chi connectivity index (χ0v) is 13.5. The minimum absolute atomic E-state index is 0.0954. The minimum atomic E-state index is -0.345. The van der Waals surface area contributed by atoms with Crippen LogP contribution in [0.25, 0.3) is 0 Å². The number of ether oxygens (including phenoxy) is 2. The van der Waals surface area contributed by atoms with E-state index in [-0.39, 0.29) is 10.6 Å². The van der Waals surface area contributed by atoms with Crippen molar-refractivity contribution in [2.75, 3.05) is 20.8 Å². The highest BCUT2D eigenvalue weighted by atomic mass is 16.6. The van der Waals surface area contributed by atoms with Crippen molar-refractivity contribution in [3.63, 3.8) is 0 Å². The Hall–Kier alpha value is -1.82. The van der Waals surface area contributed by atoms with E-state index in [4.69, 9.17) is 9.47 Å². The third-order valence-corrected chi connectivity index (χ3v) is 4.38. The van der Waals surface area contributed by atoms with Gasteiger partial charge in [-0.3, -0.25) is 15.0 Å². The van der Waals surface area contributed by atoms with Crippen LogP contribution in [0.1, 0.15) is 38.2 Å². The van der Waals surface area contributed by atoms with Crippen molar-refractivity contribution in [1.29, 1.82) is 0 Å². The fourth-order valence-electron chi connectivity index (χ4n) is 3.16. The highest BCUT2D eigenvalue weighted by Gasteiger charge is 2.25. The van der Waals surface area contributed by atoms with E-state index in [0.717, 1.165) is 25.8 Å². The Morgan fingerprint density at radius 3 is 2.55 bits per heavy atom. The maximum absolute atomic E-state index is 11.4. The number of benzene rings is 1. The lowest BCUT2D eigenvalue weighted by Gasteiger charge is -2.35. The monoisotopic (exact) mass is 308 g/mol. The fourth-order valence-corrected chi connectivity index (χ4v) is 3.16. The number of likely N-dealkylation sites (tertiary alicyclic amines) is 1. The molecule has 0 bridgehead atoms. The molecule has 0 radical (unpaired) electrons. The van der Waals surface area contributed by atoms with Gasteiger partial charge < -0.3 is 9.47 Å². The molecule has 0 spiro atoms. The molecular formula is C16H24N2O4. The van der Waals surface area contributed by atoms with Crippen LogP contribution in [0, 0.1) is 10.1 Å². The first-order valence-electron chi connectivity index (χ1n) is 7.74. The molecule has 22 heavy (non-hydrogen) atoms. The van der Waals surface area contributed by atoms with Gasteiger partial charge in [0.2, 0.25) is 0 Å². The predicted molar refractivity (Wildman–Crippen MR) is 84.5 cm³/mol. The summed E-state index contributed by atoms with van der Waals surface area (Å²) in [6.07, 6.45) is 4.62. The molecule has 1 heterocycles. The van der Waals surface area contributed by atoms with E-state index in [1.165, 1.54) is 19.6 Å². The van der Waals surface area contributed by atoms with Gasteiger partial charge in [0, 0.05) is 18.2 Å². The van der Waals surface area contributed by atoms with Gasteiger partial charge in [0.1, 0.15) is 0 Å². The molecule has 1 aromatic rings. The Balaban J connectivity index is 2.33. The van der Waals surface area contributed by atoms with Gasteiger partial charge in [0.15, 0.2) is 11.5 Å². The van der Waals surface area contributed by atoms with Crippen LogP contribution in [0.15, 0.2) is 12.1 Å². The molecule has 0 N–H and O–H groups in total. The summed E-state index contributed by atoms with van der Waals surface area (Å²) in [5, 5.41) is 11.4. The van der Waals surface area contributed by atoms with Crippen LogP contribution in [-0.2, 0) is 6.54 Å². The van der Waals surface area contributed by atoms with Crippen LogP contribution in [0.5, 0.6) is 11.5 Å². The van der Waals surface area contributed by atoms with Gasteiger partial charge in [0.05, 0.1) is 25.2 Å². The van der Waals surface area contributed by atoms with Crippen molar-refractivity contribution in [2.24, 2.45) is 0 Å². The van der Waals surface area contributed by atoms with E-state index in [1.54, 1.807) is 13.2 Å². The maximum atomic E-state index is 11.4. The van der Waals surface area contributed by atoms with Crippen molar-refractivity contribution in [3.8, 4) is 11.5 Å². The number of nitro benzene ring substituents is 1.